The monoisotopic (exact) mass is 480 g/mol. The maximum atomic E-state index is 13.3. The largest absolute Gasteiger partial charge is 0.512 e. The highest BCUT2D eigenvalue weighted by Gasteiger charge is 2.36. The molecular weight excluding hydrogens is 460 g/mol. The van der Waals surface area contributed by atoms with Crippen LogP contribution in [-0.2, 0) is 4.79 Å². The fourth-order valence-corrected chi connectivity index (χ4v) is 5.54. The van der Waals surface area contributed by atoms with Gasteiger partial charge in [0.2, 0.25) is 0 Å². The molecule has 0 spiro atoms. The number of ketones is 1. The van der Waals surface area contributed by atoms with Gasteiger partial charge in [-0.25, -0.2) is 4.98 Å². The van der Waals surface area contributed by atoms with Crippen LogP contribution in [0.3, 0.4) is 0 Å². The number of aromatic nitrogens is 2. The van der Waals surface area contributed by atoms with Gasteiger partial charge in [0.15, 0.2) is 5.78 Å². The number of aryl methyl sites for hydroxylation is 1. The lowest BCUT2D eigenvalue weighted by molar-refractivity contribution is -0.116. The van der Waals surface area contributed by atoms with Crippen molar-refractivity contribution >= 4 is 59.7 Å². The third-order valence-electron chi connectivity index (χ3n) is 5.66. The van der Waals surface area contributed by atoms with E-state index in [4.69, 9.17) is 4.98 Å². The predicted octanol–water partition coefficient (Wildman–Crippen LogP) is 7.17. The number of aliphatic hydroxyl groups is 1. The number of H-pyrrole nitrogens is 1. The summed E-state index contributed by atoms with van der Waals surface area (Å²) >= 11 is 5.13. The second kappa shape index (κ2) is 6.79. The summed E-state index contributed by atoms with van der Waals surface area (Å²) in [7, 11) is 0. The highest BCUT2D eigenvalue weighted by molar-refractivity contribution is 9.10. The van der Waals surface area contributed by atoms with Crippen molar-refractivity contribution in [1.82, 2.24) is 9.97 Å². The molecule has 2 N–H and O–H groups in total. The van der Waals surface area contributed by atoms with Crippen LogP contribution in [0.15, 0.2) is 46.6 Å². The van der Waals surface area contributed by atoms with Crippen LogP contribution in [-0.4, -0.2) is 20.9 Å². The summed E-state index contributed by atoms with van der Waals surface area (Å²) < 4.78 is 2.06. The van der Waals surface area contributed by atoms with Crippen LogP contribution in [0, 0.1) is 12.3 Å². The maximum Gasteiger partial charge on any atom is 0.167 e. The highest BCUT2D eigenvalue weighted by atomic mass is 79.9. The van der Waals surface area contributed by atoms with Crippen molar-refractivity contribution in [2.75, 3.05) is 0 Å². The number of fused-ring (bicyclic) bond motifs is 3. The molecule has 0 aliphatic heterocycles. The lowest BCUT2D eigenvalue weighted by Gasteiger charge is -2.29. The molecule has 0 saturated heterocycles. The van der Waals surface area contributed by atoms with E-state index in [1.807, 2.05) is 51.1 Å². The van der Waals surface area contributed by atoms with Crippen LogP contribution < -0.4 is 0 Å². The molecule has 4 aromatic rings. The average Bonchev–Trinajstić information content (AvgIpc) is 3.21. The number of carbonyl (C=O) groups is 1. The summed E-state index contributed by atoms with van der Waals surface area (Å²) in [6.07, 6.45) is 0.886. The molecule has 1 aliphatic rings. The molecule has 0 unspecified atom stereocenters. The van der Waals surface area contributed by atoms with Crippen molar-refractivity contribution in [2.45, 2.75) is 33.6 Å². The van der Waals surface area contributed by atoms with Gasteiger partial charge in [0.25, 0.3) is 0 Å². The van der Waals surface area contributed by atoms with Gasteiger partial charge in [-0.15, -0.1) is 11.3 Å². The number of nitrogens with zero attached hydrogens (tertiary/aromatic N) is 1. The van der Waals surface area contributed by atoms with Gasteiger partial charge >= 0.3 is 0 Å². The molecule has 2 aromatic carbocycles. The molecule has 0 bridgehead atoms. The smallest absolute Gasteiger partial charge is 0.167 e. The number of Topliss-reactive ketones (excluding diaryl/α,β-unsaturated/α-hetero) is 1. The van der Waals surface area contributed by atoms with E-state index < -0.39 is 0 Å². The zero-order chi connectivity index (χ0) is 21.2. The summed E-state index contributed by atoms with van der Waals surface area (Å²) in [4.78, 5) is 21.6. The first-order chi connectivity index (χ1) is 14.2. The van der Waals surface area contributed by atoms with Crippen molar-refractivity contribution in [3.63, 3.8) is 0 Å². The van der Waals surface area contributed by atoms with E-state index in [1.165, 1.54) is 0 Å². The van der Waals surface area contributed by atoms with Crippen molar-refractivity contribution in [1.29, 1.82) is 0 Å². The van der Waals surface area contributed by atoms with E-state index in [1.54, 1.807) is 11.3 Å². The van der Waals surface area contributed by atoms with E-state index >= 15 is 0 Å². The number of thiazole rings is 1. The number of hydrogen-bond acceptors (Lipinski definition) is 4. The molecular formula is C24H21BrN2O2S. The number of carbonyl (C=O) groups excluding carboxylic acids is 1. The molecule has 152 valence electrons. The Kier molecular flexibility index (Phi) is 4.42. The molecule has 0 radical (unpaired) electrons. The van der Waals surface area contributed by atoms with Crippen molar-refractivity contribution < 1.29 is 9.90 Å². The number of rotatable bonds is 2. The number of nitrogens with one attached hydrogen (secondary N) is 1. The topological polar surface area (TPSA) is 66.0 Å². The van der Waals surface area contributed by atoms with Crippen LogP contribution in [0.5, 0.6) is 0 Å². The minimum Gasteiger partial charge on any atom is -0.512 e. The molecule has 2 heterocycles. The summed E-state index contributed by atoms with van der Waals surface area (Å²) in [6, 6.07) is 12.1. The zero-order valence-electron chi connectivity index (χ0n) is 17.0. The first-order valence-corrected chi connectivity index (χ1v) is 11.5. The van der Waals surface area contributed by atoms with E-state index in [0.29, 0.717) is 18.4 Å². The molecule has 0 saturated carbocycles. The summed E-state index contributed by atoms with van der Waals surface area (Å²) in [5.74, 6) is 0.145. The molecule has 30 heavy (non-hydrogen) atoms. The predicted molar refractivity (Wildman–Crippen MR) is 127 cm³/mol. The standard InChI is InChI=1S/C24H21BrN2O2S/c1-12-26-23-18(30-12)9-8-15-19(23)21(20-16(28)10-24(2,3)11-17(20)29)22(27-15)13-4-6-14(25)7-5-13/h4-9,27-28H,10-11H2,1-3H3. The Hall–Kier alpha value is -2.44. The van der Waals surface area contributed by atoms with Gasteiger partial charge in [-0.2, -0.15) is 0 Å². The van der Waals surface area contributed by atoms with Crippen LogP contribution in [0.1, 0.15) is 37.3 Å². The SMILES string of the molecule is Cc1nc2c(ccc3[nH]c(-c4ccc(Br)cc4)c(C4=C(O)CC(C)(C)CC4=O)c32)s1. The third kappa shape index (κ3) is 3.10. The number of allylic oxidation sites excluding steroid dienone is 2. The summed E-state index contributed by atoms with van der Waals surface area (Å²) in [6.45, 7) is 6.03. The molecule has 0 fully saturated rings. The van der Waals surface area contributed by atoms with Gasteiger partial charge in [0.05, 0.1) is 26.5 Å². The molecule has 0 amide bonds. The lowest BCUT2D eigenvalue weighted by atomic mass is 9.74. The third-order valence-corrected chi connectivity index (χ3v) is 7.13. The zero-order valence-corrected chi connectivity index (χ0v) is 19.4. The van der Waals surface area contributed by atoms with E-state index in [2.05, 4.69) is 27.0 Å². The number of hydrogen-bond donors (Lipinski definition) is 2. The maximum absolute atomic E-state index is 13.3. The quantitative estimate of drug-likeness (QED) is 0.319. The Labute approximate surface area is 186 Å². The fraction of sp³-hybridized carbons (Fsp3) is 0.250. The van der Waals surface area contributed by atoms with Crippen molar-refractivity contribution in [3.05, 3.63) is 57.2 Å². The van der Waals surface area contributed by atoms with Gasteiger partial charge in [-0.05, 0) is 42.2 Å². The van der Waals surface area contributed by atoms with Crippen molar-refractivity contribution in [2.24, 2.45) is 5.41 Å². The second-order valence-electron chi connectivity index (χ2n) is 8.71. The van der Waals surface area contributed by atoms with Gasteiger partial charge < -0.3 is 10.1 Å². The average molecular weight is 481 g/mol. The van der Waals surface area contributed by atoms with E-state index in [-0.39, 0.29) is 17.0 Å². The van der Waals surface area contributed by atoms with Crippen LogP contribution in [0.2, 0.25) is 0 Å². The molecule has 5 rings (SSSR count). The van der Waals surface area contributed by atoms with Gasteiger partial charge in [-0.1, -0.05) is 41.9 Å². The molecule has 1 aliphatic carbocycles. The Morgan fingerprint density at radius 2 is 1.87 bits per heavy atom. The van der Waals surface area contributed by atoms with Gasteiger partial charge in [-0.3, -0.25) is 4.79 Å². The first-order valence-electron chi connectivity index (χ1n) is 9.87. The molecule has 2 aromatic heterocycles. The van der Waals surface area contributed by atoms with Crippen molar-refractivity contribution in [3.8, 4) is 11.3 Å². The normalized spacial score (nSPS) is 16.7. The number of halogens is 1. The summed E-state index contributed by atoms with van der Waals surface area (Å²) in [5, 5.41) is 12.9. The minimum atomic E-state index is -0.249. The van der Waals surface area contributed by atoms with Crippen LogP contribution in [0.25, 0.3) is 38.0 Å². The minimum absolute atomic E-state index is 0.0213. The molecule has 6 heteroatoms. The van der Waals surface area contributed by atoms with Gasteiger partial charge in [0, 0.05) is 33.8 Å². The van der Waals surface area contributed by atoms with Gasteiger partial charge in [0.1, 0.15) is 5.76 Å². The molecule has 0 atom stereocenters. The lowest BCUT2D eigenvalue weighted by Crippen LogP contribution is -2.25. The fourth-order valence-electron chi connectivity index (χ4n) is 4.44. The van der Waals surface area contributed by atoms with Crippen LogP contribution >= 0.6 is 27.3 Å². The van der Waals surface area contributed by atoms with Crippen LogP contribution in [0.4, 0.5) is 0 Å². The Balaban J connectivity index is 1.90. The number of aliphatic hydroxyl groups excluding tert-OH is 1. The number of aromatic amines is 1. The Bertz CT molecular complexity index is 1360. The summed E-state index contributed by atoms with van der Waals surface area (Å²) in [5.41, 5.74) is 4.54. The highest BCUT2D eigenvalue weighted by Crippen LogP contribution is 2.46. The van der Waals surface area contributed by atoms with E-state index in [9.17, 15) is 9.90 Å². The molecule has 4 nitrogen and oxygen atoms in total. The first kappa shape index (κ1) is 19.5. The number of benzene rings is 2. The van der Waals surface area contributed by atoms with E-state index in [0.717, 1.165) is 47.4 Å². The Morgan fingerprint density at radius 3 is 2.57 bits per heavy atom. The Morgan fingerprint density at radius 1 is 1.13 bits per heavy atom. The second-order valence-corrected chi connectivity index (χ2v) is 10.9.